The molecule has 1 saturated carbocycles. The van der Waals surface area contributed by atoms with Crippen molar-refractivity contribution in [3.05, 3.63) is 46.6 Å². The molecule has 0 spiro atoms. The smallest absolute Gasteiger partial charge is 0.229 e. The van der Waals surface area contributed by atoms with Crippen LogP contribution in [0.3, 0.4) is 0 Å². The van der Waals surface area contributed by atoms with Crippen LogP contribution in [0.4, 0.5) is 0 Å². The molecule has 8 atom stereocenters. The number of carbonyl (C=O) groups is 2. The number of aldehydes is 1. The van der Waals surface area contributed by atoms with E-state index in [2.05, 4.69) is 19.9 Å². The fourth-order valence-electron chi connectivity index (χ4n) is 5.18. The summed E-state index contributed by atoms with van der Waals surface area (Å²) in [6.07, 6.45) is 0.643. The average Bonchev–Trinajstić information content (AvgIpc) is 2.88. The summed E-state index contributed by atoms with van der Waals surface area (Å²) in [6, 6.07) is 1.53. The van der Waals surface area contributed by atoms with Crippen molar-refractivity contribution in [2.45, 2.75) is 84.6 Å². The van der Waals surface area contributed by atoms with Gasteiger partial charge in [0.1, 0.15) is 41.7 Å². The van der Waals surface area contributed by atoms with E-state index in [1.807, 2.05) is 26.0 Å². The van der Waals surface area contributed by atoms with E-state index in [-0.39, 0.29) is 46.2 Å². The molecule has 210 valence electrons. The summed E-state index contributed by atoms with van der Waals surface area (Å²) in [5.74, 6) is 0.354. The second-order valence-corrected chi connectivity index (χ2v) is 10.8. The average molecular weight is 533 g/mol. The van der Waals surface area contributed by atoms with Crippen molar-refractivity contribution in [2.75, 3.05) is 6.61 Å². The molecule has 1 aromatic carbocycles. The van der Waals surface area contributed by atoms with Gasteiger partial charge in [-0.3, -0.25) is 9.59 Å². The molecule has 1 aliphatic carbocycles. The second kappa shape index (κ2) is 12.1. The third-order valence-electron chi connectivity index (χ3n) is 8.46. The van der Waals surface area contributed by atoms with Gasteiger partial charge in [0.25, 0.3) is 0 Å². The molecule has 8 unspecified atom stereocenters. The number of phenolic OH excluding ortho intramolecular Hbond substituents is 1. The van der Waals surface area contributed by atoms with Crippen LogP contribution in [-0.4, -0.2) is 74.9 Å². The third kappa shape index (κ3) is 5.87. The number of Topliss-reactive ketones (excluding diaryl/α,β-unsaturated/α-hetero) is 1. The molecule has 0 aromatic heterocycles. The molecule has 1 aromatic rings. The Labute approximate surface area is 223 Å². The van der Waals surface area contributed by atoms with E-state index in [1.54, 1.807) is 6.92 Å². The first-order valence-corrected chi connectivity index (χ1v) is 13.0. The minimum Gasteiger partial charge on any atom is -0.507 e. The molecular formula is C29H40O9. The summed E-state index contributed by atoms with van der Waals surface area (Å²) in [5, 5.41) is 50.9. The second-order valence-electron chi connectivity index (χ2n) is 10.8. The number of ether oxygens (including phenoxy) is 2. The van der Waals surface area contributed by atoms with E-state index in [9.17, 15) is 35.1 Å². The first kappa shape index (κ1) is 30.0. The molecule has 2 fully saturated rings. The van der Waals surface area contributed by atoms with Crippen molar-refractivity contribution in [1.82, 2.24) is 0 Å². The van der Waals surface area contributed by atoms with Crippen LogP contribution in [0.2, 0.25) is 0 Å². The van der Waals surface area contributed by atoms with Crippen LogP contribution in [0, 0.1) is 24.2 Å². The number of hydrogen-bond donors (Lipinski definition) is 5. The molecule has 9 nitrogen and oxygen atoms in total. The predicted octanol–water partition coefficient (Wildman–Crippen LogP) is 2.38. The molecule has 5 N–H and O–H groups in total. The lowest BCUT2D eigenvalue weighted by Gasteiger charge is -2.42. The predicted molar refractivity (Wildman–Crippen MR) is 140 cm³/mol. The van der Waals surface area contributed by atoms with Gasteiger partial charge >= 0.3 is 0 Å². The SMILES string of the molecule is CC(/C=C/C1(C)C(C)CCC(=O)C1C)=C\Cc1c(OC2OC(CO)C(O)C(O)C2O)cc(C)c(C=O)c1O. The zero-order valence-electron chi connectivity index (χ0n) is 22.6. The van der Waals surface area contributed by atoms with Crippen LogP contribution in [-0.2, 0) is 16.0 Å². The van der Waals surface area contributed by atoms with Crippen molar-refractivity contribution in [3.8, 4) is 11.5 Å². The van der Waals surface area contributed by atoms with Crippen LogP contribution in [0.25, 0.3) is 0 Å². The van der Waals surface area contributed by atoms with Gasteiger partial charge in [-0.2, -0.15) is 0 Å². The highest BCUT2D eigenvalue weighted by atomic mass is 16.7. The molecule has 1 aliphatic heterocycles. The van der Waals surface area contributed by atoms with Crippen LogP contribution in [0.1, 0.15) is 62.0 Å². The Morgan fingerprint density at radius 3 is 2.53 bits per heavy atom. The van der Waals surface area contributed by atoms with Gasteiger partial charge in [-0.15, -0.1) is 0 Å². The molecule has 3 rings (SSSR count). The third-order valence-corrected chi connectivity index (χ3v) is 8.46. The maximum absolute atomic E-state index is 12.3. The lowest BCUT2D eigenvalue weighted by Crippen LogP contribution is -2.60. The number of benzene rings is 1. The number of aliphatic hydroxyl groups excluding tert-OH is 4. The van der Waals surface area contributed by atoms with E-state index in [0.717, 1.165) is 12.0 Å². The van der Waals surface area contributed by atoms with Gasteiger partial charge in [-0.25, -0.2) is 0 Å². The van der Waals surface area contributed by atoms with E-state index in [1.165, 1.54) is 6.07 Å². The molecule has 38 heavy (non-hydrogen) atoms. The standard InChI is InChI=1S/C29H40O9/c1-15(10-11-29(5)17(3)7-9-21(32)18(29)4)6-8-19-22(12-16(2)20(13-30)24(19)33)37-28-27(36)26(35)25(34)23(14-31)38-28/h6,10-13,17-18,23,25-28,31,33-36H,7-9,14H2,1-5H3/b11-10+,15-6+. The molecule has 0 amide bonds. The molecule has 2 aliphatic rings. The number of aliphatic hydroxyl groups is 4. The fraction of sp³-hybridized carbons (Fsp3) is 0.586. The highest BCUT2D eigenvalue weighted by molar-refractivity contribution is 5.83. The molecule has 9 heteroatoms. The monoisotopic (exact) mass is 532 g/mol. The number of aromatic hydroxyl groups is 1. The number of rotatable bonds is 8. The number of carbonyl (C=O) groups excluding carboxylic acids is 2. The highest BCUT2D eigenvalue weighted by Crippen LogP contribution is 2.45. The first-order valence-electron chi connectivity index (χ1n) is 13.0. The largest absolute Gasteiger partial charge is 0.507 e. The summed E-state index contributed by atoms with van der Waals surface area (Å²) < 4.78 is 11.3. The van der Waals surface area contributed by atoms with Crippen LogP contribution in [0.15, 0.2) is 29.9 Å². The number of hydrogen-bond acceptors (Lipinski definition) is 9. The first-order chi connectivity index (χ1) is 17.8. The van der Waals surface area contributed by atoms with Gasteiger partial charge in [0.05, 0.1) is 12.2 Å². The molecule has 0 bridgehead atoms. The Bertz CT molecular complexity index is 1090. The van der Waals surface area contributed by atoms with Crippen molar-refractivity contribution < 1.29 is 44.6 Å². The van der Waals surface area contributed by atoms with Gasteiger partial charge in [0.2, 0.25) is 6.29 Å². The van der Waals surface area contributed by atoms with E-state index < -0.39 is 37.3 Å². The minimum atomic E-state index is -1.63. The lowest BCUT2D eigenvalue weighted by atomic mass is 9.61. The Balaban J connectivity index is 1.90. The van der Waals surface area contributed by atoms with Gasteiger partial charge in [0, 0.05) is 17.9 Å². The normalized spacial score (nSPS) is 34.5. The van der Waals surface area contributed by atoms with Gasteiger partial charge < -0.3 is 35.0 Å². The Kier molecular flexibility index (Phi) is 9.54. The maximum Gasteiger partial charge on any atom is 0.229 e. The quantitative estimate of drug-likeness (QED) is 0.251. The fourth-order valence-corrected chi connectivity index (χ4v) is 5.18. The number of ketones is 1. The van der Waals surface area contributed by atoms with E-state index in [0.29, 0.717) is 24.2 Å². The minimum absolute atomic E-state index is 0.0925. The van der Waals surface area contributed by atoms with Crippen LogP contribution >= 0.6 is 0 Å². The molecule has 0 radical (unpaired) electrons. The van der Waals surface area contributed by atoms with E-state index in [4.69, 9.17) is 9.47 Å². The number of aryl methyl sites for hydroxylation is 1. The summed E-state index contributed by atoms with van der Waals surface area (Å²) in [4.78, 5) is 24.0. The zero-order chi connectivity index (χ0) is 28.4. The molecule has 1 saturated heterocycles. The number of phenols is 1. The topological polar surface area (TPSA) is 154 Å². The summed E-state index contributed by atoms with van der Waals surface area (Å²) >= 11 is 0. The van der Waals surface area contributed by atoms with Crippen molar-refractivity contribution in [3.63, 3.8) is 0 Å². The zero-order valence-corrected chi connectivity index (χ0v) is 22.6. The van der Waals surface area contributed by atoms with Crippen LogP contribution < -0.4 is 4.74 Å². The highest BCUT2D eigenvalue weighted by Gasteiger charge is 2.45. The van der Waals surface area contributed by atoms with Gasteiger partial charge in [-0.1, -0.05) is 44.6 Å². The maximum atomic E-state index is 12.3. The summed E-state index contributed by atoms with van der Waals surface area (Å²) in [5.41, 5.74) is 1.38. The molecular weight excluding hydrogens is 492 g/mol. The Morgan fingerprint density at radius 2 is 1.89 bits per heavy atom. The van der Waals surface area contributed by atoms with Crippen LogP contribution in [0.5, 0.6) is 11.5 Å². The Morgan fingerprint density at radius 1 is 1.21 bits per heavy atom. The Hall–Kier alpha value is -2.56. The van der Waals surface area contributed by atoms with E-state index >= 15 is 0 Å². The van der Waals surface area contributed by atoms with Crippen molar-refractivity contribution in [1.29, 1.82) is 0 Å². The van der Waals surface area contributed by atoms with Crippen molar-refractivity contribution >= 4 is 12.1 Å². The summed E-state index contributed by atoms with van der Waals surface area (Å²) in [7, 11) is 0. The number of allylic oxidation sites excluding steroid dienone is 4. The van der Waals surface area contributed by atoms with Crippen molar-refractivity contribution in [2.24, 2.45) is 17.3 Å². The lowest BCUT2D eigenvalue weighted by molar-refractivity contribution is -0.277. The summed E-state index contributed by atoms with van der Waals surface area (Å²) in [6.45, 7) is 9.12. The van der Waals surface area contributed by atoms with Gasteiger partial charge in [-0.05, 0) is 49.7 Å². The molecule has 1 heterocycles. The van der Waals surface area contributed by atoms with Gasteiger partial charge in [0.15, 0.2) is 6.29 Å².